The Kier molecular flexibility index (Phi) is 4.09. The summed E-state index contributed by atoms with van der Waals surface area (Å²) in [7, 11) is 1.49. The number of dihydropyridines is 1. The maximum atomic E-state index is 12.2. The van der Waals surface area contributed by atoms with Crippen LogP contribution in [-0.2, 0) is 0 Å². The van der Waals surface area contributed by atoms with Gasteiger partial charge in [0.05, 0.1) is 7.11 Å². The topological polar surface area (TPSA) is 96.8 Å². The molecule has 2 heterocycles. The van der Waals surface area contributed by atoms with Crippen LogP contribution in [0.25, 0.3) is 5.57 Å². The Morgan fingerprint density at radius 2 is 2.04 bits per heavy atom. The average Bonchev–Trinajstić information content (AvgIpc) is 2.59. The van der Waals surface area contributed by atoms with Crippen LogP contribution in [0.15, 0.2) is 40.1 Å². The Bertz CT molecular complexity index is 839. The SMILES string of the molecule is COc1ccccc1Oc1c(O)nc(C2=CC=NCC2)[nH]c1=O. The molecule has 7 heteroatoms. The van der Waals surface area contributed by atoms with Crippen molar-refractivity contribution >= 4 is 11.8 Å². The number of benzene rings is 1. The number of methoxy groups -OCH3 is 1. The predicted molar refractivity (Wildman–Crippen MR) is 85.5 cm³/mol. The zero-order valence-corrected chi connectivity index (χ0v) is 12.4. The number of aromatic amines is 1. The summed E-state index contributed by atoms with van der Waals surface area (Å²) in [5.74, 6) is 0.323. The lowest BCUT2D eigenvalue weighted by atomic mass is 10.1. The van der Waals surface area contributed by atoms with Gasteiger partial charge in [-0.2, -0.15) is 4.98 Å². The van der Waals surface area contributed by atoms with E-state index in [0.717, 1.165) is 5.57 Å². The Balaban J connectivity index is 1.96. The fourth-order valence-electron chi connectivity index (χ4n) is 2.19. The number of nitrogens with one attached hydrogen (secondary N) is 1. The summed E-state index contributed by atoms with van der Waals surface area (Å²) in [6.45, 7) is 0.621. The van der Waals surface area contributed by atoms with Gasteiger partial charge in [-0.25, -0.2) is 0 Å². The molecule has 0 saturated heterocycles. The maximum Gasteiger partial charge on any atom is 0.298 e. The number of aliphatic imine (C=N–C) groups is 1. The van der Waals surface area contributed by atoms with Crippen molar-refractivity contribution in [2.24, 2.45) is 4.99 Å². The van der Waals surface area contributed by atoms with E-state index in [9.17, 15) is 9.90 Å². The first kappa shape index (κ1) is 14.8. The number of aromatic hydroxyl groups is 1. The van der Waals surface area contributed by atoms with Crippen LogP contribution >= 0.6 is 0 Å². The van der Waals surface area contributed by atoms with Crippen molar-refractivity contribution in [1.29, 1.82) is 0 Å². The van der Waals surface area contributed by atoms with Crippen molar-refractivity contribution < 1.29 is 14.6 Å². The number of H-pyrrole nitrogens is 1. The number of para-hydroxylation sites is 2. The van der Waals surface area contributed by atoms with Crippen molar-refractivity contribution in [3.05, 3.63) is 46.5 Å². The molecule has 0 aliphatic carbocycles. The highest BCUT2D eigenvalue weighted by molar-refractivity contribution is 5.84. The first-order chi connectivity index (χ1) is 11.2. The summed E-state index contributed by atoms with van der Waals surface area (Å²) >= 11 is 0. The van der Waals surface area contributed by atoms with E-state index in [2.05, 4.69) is 15.0 Å². The van der Waals surface area contributed by atoms with E-state index >= 15 is 0 Å². The molecule has 7 nitrogen and oxygen atoms in total. The van der Waals surface area contributed by atoms with Crippen LogP contribution in [0.3, 0.4) is 0 Å². The van der Waals surface area contributed by atoms with Crippen molar-refractivity contribution in [3.8, 4) is 23.1 Å². The van der Waals surface area contributed by atoms with E-state index in [-0.39, 0.29) is 5.75 Å². The van der Waals surface area contributed by atoms with E-state index in [1.54, 1.807) is 36.6 Å². The smallest absolute Gasteiger partial charge is 0.298 e. The monoisotopic (exact) mass is 313 g/mol. The second-order valence-corrected chi connectivity index (χ2v) is 4.82. The molecule has 2 N–H and O–H groups in total. The largest absolute Gasteiger partial charge is 0.493 e. The third kappa shape index (κ3) is 3.08. The van der Waals surface area contributed by atoms with Gasteiger partial charge < -0.3 is 19.6 Å². The Morgan fingerprint density at radius 3 is 2.70 bits per heavy atom. The normalized spacial score (nSPS) is 13.5. The number of allylic oxidation sites excluding steroid dienone is 1. The summed E-state index contributed by atoms with van der Waals surface area (Å²) < 4.78 is 10.6. The highest BCUT2D eigenvalue weighted by Crippen LogP contribution is 2.32. The average molecular weight is 313 g/mol. The molecule has 23 heavy (non-hydrogen) atoms. The molecule has 1 aromatic carbocycles. The molecular weight excluding hydrogens is 298 g/mol. The first-order valence-electron chi connectivity index (χ1n) is 7.02. The molecule has 2 aromatic rings. The molecule has 118 valence electrons. The van der Waals surface area contributed by atoms with Gasteiger partial charge in [0.2, 0.25) is 0 Å². The number of nitrogens with zero attached hydrogens (tertiary/aromatic N) is 2. The molecule has 0 unspecified atom stereocenters. The van der Waals surface area contributed by atoms with Crippen LogP contribution in [0.5, 0.6) is 23.1 Å². The van der Waals surface area contributed by atoms with Gasteiger partial charge in [0.15, 0.2) is 11.5 Å². The van der Waals surface area contributed by atoms with E-state index < -0.39 is 11.4 Å². The number of ether oxygens (including phenoxy) is 2. The second-order valence-electron chi connectivity index (χ2n) is 4.82. The second kappa shape index (κ2) is 6.35. The van der Waals surface area contributed by atoms with Crippen LogP contribution in [0.1, 0.15) is 12.2 Å². The fraction of sp³-hybridized carbons (Fsp3) is 0.188. The molecule has 0 atom stereocenters. The Hall–Kier alpha value is -3.09. The summed E-state index contributed by atoms with van der Waals surface area (Å²) in [5.41, 5.74) is 0.234. The molecule has 3 rings (SSSR count). The summed E-state index contributed by atoms with van der Waals surface area (Å²) in [4.78, 5) is 22.9. The zero-order valence-electron chi connectivity index (χ0n) is 12.4. The van der Waals surface area contributed by atoms with Crippen molar-refractivity contribution in [1.82, 2.24) is 9.97 Å². The lowest BCUT2D eigenvalue weighted by Gasteiger charge is -2.12. The quantitative estimate of drug-likeness (QED) is 0.901. The Labute approximate surface area is 132 Å². The molecule has 1 aromatic heterocycles. The number of hydrogen-bond donors (Lipinski definition) is 2. The first-order valence-corrected chi connectivity index (χ1v) is 7.02. The van der Waals surface area contributed by atoms with E-state index in [1.165, 1.54) is 7.11 Å². The molecular formula is C16H15N3O4. The molecule has 0 radical (unpaired) electrons. The minimum absolute atomic E-state index is 0.275. The van der Waals surface area contributed by atoms with Gasteiger partial charge in [-0.1, -0.05) is 12.1 Å². The third-order valence-electron chi connectivity index (χ3n) is 3.34. The van der Waals surface area contributed by atoms with Gasteiger partial charge in [-0.3, -0.25) is 9.79 Å². The predicted octanol–water partition coefficient (Wildman–Crippen LogP) is 2.13. The molecule has 0 bridgehead atoms. The van der Waals surface area contributed by atoms with E-state index in [0.29, 0.717) is 30.3 Å². The summed E-state index contributed by atoms with van der Waals surface area (Å²) in [6, 6.07) is 6.82. The maximum absolute atomic E-state index is 12.2. The molecule has 0 amide bonds. The van der Waals surface area contributed by atoms with Gasteiger partial charge in [0, 0.05) is 12.8 Å². The van der Waals surface area contributed by atoms with Crippen LogP contribution < -0.4 is 15.0 Å². The Morgan fingerprint density at radius 1 is 1.26 bits per heavy atom. The summed E-state index contributed by atoms with van der Waals surface area (Å²) in [6.07, 6.45) is 4.04. The van der Waals surface area contributed by atoms with E-state index in [1.807, 2.05) is 0 Å². The molecule has 1 aliphatic heterocycles. The van der Waals surface area contributed by atoms with Gasteiger partial charge in [-0.15, -0.1) is 0 Å². The minimum Gasteiger partial charge on any atom is -0.493 e. The van der Waals surface area contributed by atoms with Crippen LogP contribution in [0, 0.1) is 0 Å². The van der Waals surface area contributed by atoms with Crippen LogP contribution in [0.4, 0.5) is 0 Å². The number of aromatic nitrogens is 2. The lowest BCUT2D eigenvalue weighted by Crippen LogP contribution is -2.14. The van der Waals surface area contributed by atoms with E-state index in [4.69, 9.17) is 9.47 Å². The van der Waals surface area contributed by atoms with Crippen LogP contribution in [0.2, 0.25) is 0 Å². The lowest BCUT2D eigenvalue weighted by molar-refractivity contribution is 0.357. The van der Waals surface area contributed by atoms with Crippen LogP contribution in [-0.4, -0.2) is 34.9 Å². The number of hydrogen-bond acceptors (Lipinski definition) is 6. The van der Waals surface area contributed by atoms with Crippen molar-refractivity contribution in [2.45, 2.75) is 6.42 Å². The third-order valence-corrected chi connectivity index (χ3v) is 3.34. The van der Waals surface area contributed by atoms with Gasteiger partial charge in [0.25, 0.3) is 17.2 Å². The highest BCUT2D eigenvalue weighted by atomic mass is 16.5. The molecule has 1 aliphatic rings. The van der Waals surface area contributed by atoms with Gasteiger partial charge in [-0.05, 0) is 30.2 Å². The minimum atomic E-state index is -0.568. The standard InChI is InChI=1S/C16H15N3O4/c1-22-11-4-2-3-5-12(11)23-13-15(20)18-14(19-16(13)21)10-6-8-17-9-7-10/h2-6,8H,7,9H2,1H3,(H2,18,19,20,21). The highest BCUT2D eigenvalue weighted by Gasteiger charge is 2.17. The van der Waals surface area contributed by atoms with Crippen molar-refractivity contribution in [2.75, 3.05) is 13.7 Å². The number of rotatable bonds is 4. The zero-order chi connectivity index (χ0) is 16.2. The van der Waals surface area contributed by atoms with Gasteiger partial charge in [0.1, 0.15) is 5.82 Å². The summed E-state index contributed by atoms with van der Waals surface area (Å²) in [5, 5.41) is 10.1. The van der Waals surface area contributed by atoms with Crippen molar-refractivity contribution in [3.63, 3.8) is 0 Å². The molecule has 0 fully saturated rings. The fourth-order valence-corrected chi connectivity index (χ4v) is 2.19. The molecule has 0 saturated carbocycles. The molecule has 0 spiro atoms. The van der Waals surface area contributed by atoms with Gasteiger partial charge >= 0.3 is 0 Å².